The van der Waals surface area contributed by atoms with Gasteiger partial charge in [0.05, 0.1) is 5.92 Å². The number of aromatic nitrogens is 3. The van der Waals surface area contributed by atoms with E-state index in [1.807, 2.05) is 36.4 Å². The Labute approximate surface area is 132 Å². The van der Waals surface area contributed by atoms with Crippen molar-refractivity contribution in [2.75, 3.05) is 0 Å². The predicted molar refractivity (Wildman–Crippen MR) is 83.6 cm³/mol. The largest absolute Gasteiger partial charge is 0.451 e. The molecule has 0 unspecified atom stereocenters. The molecule has 0 radical (unpaired) electrons. The van der Waals surface area contributed by atoms with Crippen molar-refractivity contribution in [3.05, 3.63) is 90.3 Å². The molecule has 0 atom stereocenters. The summed E-state index contributed by atoms with van der Waals surface area (Å²) in [5.74, 6) is 0.854. The molecule has 5 nitrogen and oxygen atoms in total. The molecule has 112 valence electrons. The summed E-state index contributed by atoms with van der Waals surface area (Å²) in [6, 6.07) is 20.2. The zero-order valence-corrected chi connectivity index (χ0v) is 12.2. The third-order valence-corrected chi connectivity index (χ3v) is 3.62. The molecule has 0 aliphatic rings. The van der Waals surface area contributed by atoms with Crippen LogP contribution in [0.25, 0.3) is 11.6 Å². The number of hydrogen-bond acceptors (Lipinski definition) is 5. The van der Waals surface area contributed by atoms with Crippen molar-refractivity contribution < 1.29 is 8.94 Å². The molecule has 2 heterocycles. The first-order valence-electron chi connectivity index (χ1n) is 7.24. The van der Waals surface area contributed by atoms with Gasteiger partial charge in [0.25, 0.3) is 5.89 Å². The monoisotopic (exact) mass is 303 g/mol. The van der Waals surface area contributed by atoms with Gasteiger partial charge in [-0.25, -0.2) is 4.98 Å². The minimum absolute atomic E-state index is 0.0956. The first-order valence-corrected chi connectivity index (χ1v) is 7.24. The van der Waals surface area contributed by atoms with Gasteiger partial charge in [0, 0.05) is 0 Å². The first kappa shape index (κ1) is 13.5. The van der Waals surface area contributed by atoms with Crippen LogP contribution < -0.4 is 0 Å². The lowest BCUT2D eigenvalue weighted by atomic mass is 9.91. The van der Waals surface area contributed by atoms with Gasteiger partial charge in [-0.1, -0.05) is 65.8 Å². The van der Waals surface area contributed by atoms with E-state index in [0.29, 0.717) is 17.4 Å². The molecule has 4 aromatic rings. The fraction of sp³-hybridized carbons (Fsp3) is 0.0556. The van der Waals surface area contributed by atoms with Crippen LogP contribution in [0.2, 0.25) is 0 Å². The van der Waals surface area contributed by atoms with Crippen molar-refractivity contribution in [3.63, 3.8) is 0 Å². The molecule has 2 aromatic carbocycles. The maximum absolute atomic E-state index is 5.35. The van der Waals surface area contributed by atoms with Crippen LogP contribution in [0.15, 0.2) is 82.3 Å². The summed E-state index contributed by atoms with van der Waals surface area (Å²) in [4.78, 5) is 8.55. The number of benzene rings is 2. The third-order valence-electron chi connectivity index (χ3n) is 3.62. The van der Waals surface area contributed by atoms with E-state index in [2.05, 4.69) is 39.4 Å². The predicted octanol–water partition coefficient (Wildman–Crippen LogP) is 3.90. The quantitative estimate of drug-likeness (QED) is 0.572. The molecule has 0 saturated heterocycles. The summed E-state index contributed by atoms with van der Waals surface area (Å²) in [6.07, 6.45) is 2.82. The van der Waals surface area contributed by atoms with E-state index < -0.39 is 0 Å². The van der Waals surface area contributed by atoms with Gasteiger partial charge >= 0.3 is 0 Å². The Morgan fingerprint density at radius 3 is 2.04 bits per heavy atom. The third kappa shape index (κ3) is 2.64. The van der Waals surface area contributed by atoms with Crippen LogP contribution in [-0.2, 0) is 0 Å². The second-order valence-corrected chi connectivity index (χ2v) is 5.09. The van der Waals surface area contributed by atoms with Crippen LogP contribution in [0.1, 0.15) is 22.9 Å². The Balaban J connectivity index is 1.80. The zero-order chi connectivity index (χ0) is 15.5. The standard InChI is InChI=1S/C18H13N3O2/c1-3-7-13(8-4-1)16(14-9-5-2-6-10-14)17-20-18(23-21-17)15-11-22-12-19-15/h1-12,16H. The van der Waals surface area contributed by atoms with E-state index in [4.69, 9.17) is 8.94 Å². The summed E-state index contributed by atoms with van der Waals surface area (Å²) in [7, 11) is 0. The van der Waals surface area contributed by atoms with Crippen LogP contribution in [0.4, 0.5) is 0 Å². The van der Waals surface area contributed by atoms with Crippen LogP contribution in [-0.4, -0.2) is 15.1 Å². The fourth-order valence-electron chi connectivity index (χ4n) is 2.56. The second kappa shape index (κ2) is 5.88. The highest BCUT2D eigenvalue weighted by atomic mass is 16.5. The van der Waals surface area contributed by atoms with Crippen LogP contribution >= 0.6 is 0 Å². The number of nitrogens with zero attached hydrogens (tertiary/aromatic N) is 3. The Morgan fingerprint density at radius 1 is 0.826 bits per heavy atom. The lowest BCUT2D eigenvalue weighted by molar-refractivity contribution is 0.420. The minimum atomic E-state index is -0.0956. The minimum Gasteiger partial charge on any atom is -0.451 e. The average Bonchev–Trinajstić information content (AvgIpc) is 3.29. The molecular weight excluding hydrogens is 290 g/mol. The van der Waals surface area contributed by atoms with Gasteiger partial charge in [-0.05, 0) is 11.1 Å². The van der Waals surface area contributed by atoms with Gasteiger partial charge in [0.1, 0.15) is 6.26 Å². The first-order chi connectivity index (χ1) is 11.4. The van der Waals surface area contributed by atoms with Crippen LogP contribution in [0.3, 0.4) is 0 Å². The zero-order valence-electron chi connectivity index (χ0n) is 12.2. The Hall–Kier alpha value is -3.21. The Bertz CT molecular complexity index is 832. The van der Waals surface area contributed by atoms with E-state index in [0.717, 1.165) is 11.1 Å². The van der Waals surface area contributed by atoms with E-state index in [9.17, 15) is 0 Å². The molecule has 0 spiro atoms. The molecule has 0 N–H and O–H groups in total. The SMILES string of the molecule is c1ccc(C(c2ccccc2)c2noc(-c3cocn3)n2)cc1. The molecule has 0 saturated carbocycles. The lowest BCUT2D eigenvalue weighted by Crippen LogP contribution is -2.05. The van der Waals surface area contributed by atoms with Gasteiger partial charge in [0.15, 0.2) is 17.9 Å². The van der Waals surface area contributed by atoms with E-state index in [1.165, 1.54) is 12.7 Å². The number of oxazole rings is 1. The van der Waals surface area contributed by atoms with Gasteiger partial charge in [-0.3, -0.25) is 0 Å². The number of rotatable bonds is 4. The molecule has 4 rings (SSSR count). The van der Waals surface area contributed by atoms with Crippen LogP contribution in [0.5, 0.6) is 0 Å². The normalized spacial score (nSPS) is 11.0. The highest BCUT2D eigenvalue weighted by Gasteiger charge is 2.23. The summed E-state index contributed by atoms with van der Waals surface area (Å²) in [5.41, 5.74) is 2.74. The highest BCUT2D eigenvalue weighted by molar-refractivity contribution is 5.45. The molecule has 5 heteroatoms. The van der Waals surface area contributed by atoms with E-state index in [1.54, 1.807) is 0 Å². The van der Waals surface area contributed by atoms with Crippen molar-refractivity contribution in [1.29, 1.82) is 0 Å². The van der Waals surface area contributed by atoms with Crippen molar-refractivity contribution >= 4 is 0 Å². The maximum atomic E-state index is 5.35. The van der Waals surface area contributed by atoms with E-state index >= 15 is 0 Å². The summed E-state index contributed by atoms with van der Waals surface area (Å²) in [6.45, 7) is 0. The van der Waals surface area contributed by atoms with Crippen molar-refractivity contribution in [3.8, 4) is 11.6 Å². The molecule has 0 aliphatic heterocycles. The summed E-state index contributed by atoms with van der Waals surface area (Å²) >= 11 is 0. The van der Waals surface area contributed by atoms with Gasteiger partial charge in [-0.15, -0.1) is 0 Å². The van der Waals surface area contributed by atoms with Gasteiger partial charge < -0.3 is 8.94 Å². The maximum Gasteiger partial charge on any atom is 0.279 e. The molecule has 0 bridgehead atoms. The second-order valence-electron chi connectivity index (χ2n) is 5.09. The fourth-order valence-corrected chi connectivity index (χ4v) is 2.56. The molecule has 2 aromatic heterocycles. The van der Waals surface area contributed by atoms with Gasteiger partial charge in [0.2, 0.25) is 0 Å². The van der Waals surface area contributed by atoms with Crippen LogP contribution in [0, 0.1) is 0 Å². The lowest BCUT2D eigenvalue weighted by Gasteiger charge is -2.13. The average molecular weight is 303 g/mol. The van der Waals surface area contributed by atoms with Crippen molar-refractivity contribution in [2.45, 2.75) is 5.92 Å². The Kier molecular flexibility index (Phi) is 3.44. The molecule has 0 fully saturated rings. The molecular formula is C18H13N3O2. The Morgan fingerprint density at radius 2 is 1.48 bits per heavy atom. The molecule has 0 amide bonds. The van der Waals surface area contributed by atoms with Crippen molar-refractivity contribution in [1.82, 2.24) is 15.1 Å². The molecule has 0 aliphatic carbocycles. The summed E-state index contributed by atoms with van der Waals surface area (Å²) < 4.78 is 10.3. The topological polar surface area (TPSA) is 65.0 Å². The van der Waals surface area contributed by atoms with Crippen molar-refractivity contribution in [2.24, 2.45) is 0 Å². The van der Waals surface area contributed by atoms with E-state index in [-0.39, 0.29) is 5.92 Å². The number of hydrogen-bond donors (Lipinski definition) is 0. The smallest absolute Gasteiger partial charge is 0.279 e. The summed E-state index contributed by atoms with van der Waals surface area (Å²) in [5, 5.41) is 4.16. The molecule has 23 heavy (non-hydrogen) atoms. The highest BCUT2D eigenvalue weighted by Crippen LogP contribution is 2.30. The van der Waals surface area contributed by atoms with Gasteiger partial charge in [-0.2, -0.15) is 4.98 Å².